The lowest BCUT2D eigenvalue weighted by Gasteiger charge is -2.45. The molecule has 7 nitrogen and oxygen atoms in total. The van der Waals surface area contributed by atoms with E-state index in [9.17, 15) is 9.59 Å². The number of amides is 2. The molecule has 4 rings (SSSR count). The van der Waals surface area contributed by atoms with Gasteiger partial charge in [0.15, 0.2) is 11.5 Å². The number of ether oxygens (including phenoxy) is 3. The van der Waals surface area contributed by atoms with Crippen molar-refractivity contribution >= 4 is 11.8 Å². The number of carbonyl (C=O) groups excluding carboxylic acids is 2. The number of benzene rings is 2. The zero-order valence-corrected chi connectivity index (χ0v) is 17.4. The summed E-state index contributed by atoms with van der Waals surface area (Å²) in [6.07, 6.45) is 0.693. The summed E-state index contributed by atoms with van der Waals surface area (Å²) in [5.74, 6) is 0.547. The third-order valence-corrected chi connectivity index (χ3v) is 5.91. The predicted octanol–water partition coefficient (Wildman–Crippen LogP) is 2.30. The van der Waals surface area contributed by atoms with E-state index in [0.29, 0.717) is 43.2 Å². The molecular weight excluding hydrogens is 384 g/mol. The van der Waals surface area contributed by atoms with Crippen molar-refractivity contribution in [1.82, 2.24) is 10.2 Å². The fourth-order valence-electron chi connectivity index (χ4n) is 4.52. The average molecular weight is 410 g/mol. The van der Waals surface area contributed by atoms with Crippen LogP contribution >= 0.6 is 0 Å². The normalized spacial score (nSPS) is 19.4. The molecule has 1 N–H and O–H groups in total. The van der Waals surface area contributed by atoms with Crippen molar-refractivity contribution in [3.63, 3.8) is 0 Å². The smallest absolute Gasteiger partial charge is 0.254 e. The van der Waals surface area contributed by atoms with Gasteiger partial charge in [0.1, 0.15) is 0 Å². The Morgan fingerprint density at radius 2 is 1.83 bits per heavy atom. The maximum absolute atomic E-state index is 13.3. The summed E-state index contributed by atoms with van der Waals surface area (Å²) in [5.41, 5.74) is 3.33. The molecule has 158 valence electrons. The van der Waals surface area contributed by atoms with E-state index < -0.39 is 12.0 Å². The maximum atomic E-state index is 13.3. The summed E-state index contributed by atoms with van der Waals surface area (Å²) in [4.78, 5) is 28.4. The Balaban J connectivity index is 1.85. The Hall–Kier alpha value is -3.06. The fraction of sp³-hybridized carbons (Fsp3) is 0.391. The standard InChI is InChI=1S/C23H26N2O5/c1-28-11-9-24-22(26)20-15-6-4-5-7-16(15)23(27)25-10-8-14-12-18(29-2)19(30-3)13-17(14)21(20)25/h4-7,12-13,20-21H,8-11H2,1-3H3,(H,24,26)/t20-,21+/m0/s1. The number of fused-ring (bicyclic) bond motifs is 4. The van der Waals surface area contributed by atoms with Gasteiger partial charge in [0.05, 0.1) is 32.8 Å². The molecule has 2 aliphatic rings. The van der Waals surface area contributed by atoms with Gasteiger partial charge in [-0.1, -0.05) is 18.2 Å². The molecule has 0 saturated heterocycles. The van der Waals surface area contributed by atoms with Crippen molar-refractivity contribution in [1.29, 1.82) is 0 Å². The van der Waals surface area contributed by atoms with Gasteiger partial charge in [-0.3, -0.25) is 9.59 Å². The fourth-order valence-corrected chi connectivity index (χ4v) is 4.52. The van der Waals surface area contributed by atoms with Crippen LogP contribution in [0.25, 0.3) is 0 Å². The molecule has 2 heterocycles. The first kappa shape index (κ1) is 20.2. The Bertz CT molecular complexity index is 974. The van der Waals surface area contributed by atoms with Crippen molar-refractivity contribution in [2.45, 2.75) is 18.4 Å². The largest absolute Gasteiger partial charge is 0.493 e. The van der Waals surface area contributed by atoms with E-state index in [1.54, 1.807) is 27.4 Å². The molecule has 0 aromatic heterocycles. The van der Waals surface area contributed by atoms with Crippen molar-refractivity contribution in [3.05, 3.63) is 58.7 Å². The van der Waals surface area contributed by atoms with Gasteiger partial charge in [-0.2, -0.15) is 0 Å². The van der Waals surface area contributed by atoms with Crippen LogP contribution in [0.5, 0.6) is 11.5 Å². The second-order valence-corrected chi connectivity index (χ2v) is 7.45. The lowest BCUT2D eigenvalue weighted by molar-refractivity contribution is -0.124. The van der Waals surface area contributed by atoms with E-state index in [0.717, 1.165) is 16.7 Å². The number of carbonyl (C=O) groups is 2. The van der Waals surface area contributed by atoms with Crippen molar-refractivity contribution in [2.24, 2.45) is 0 Å². The van der Waals surface area contributed by atoms with E-state index in [-0.39, 0.29) is 11.8 Å². The van der Waals surface area contributed by atoms with E-state index in [4.69, 9.17) is 14.2 Å². The van der Waals surface area contributed by atoms with Crippen molar-refractivity contribution in [2.75, 3.05) is 41.0 Å². The lowest BCUT2D eigenvalue weighted by atomic mass is 9.75. The van der Waals surface area contributed by atoms with Crippen LogP contribution in [0.1, 0.15) is 39.0 Å². The summed E-state index contributed by atoms with van der Waals surface area (Å²) in [6, 6.07) is 10.8. The van der Waals surface area contributed by atoms with E-state index >= 15 is 0 Å². The number of rotatable bonds is 6. The van der Waals surface area contributed by atoms with E-state index in [2.05, 4.69) is 5.32 Å². The van der Waals surface area contributed by atoms with Crippen molar-refractivity contribution in [3.8, 4) is 11.5 Å². The molecule has 0 bridgehead atoms. The van der Waals surface area contributed by atoms with Gasteiger partial charge in [0.2, 0.25) is 5.91 Å². The van der Waals surface area contributed by atoms with Crippen LogP contribution in [0.3, 0.4) is 0 Å². The molecule has 2 atom stereocenters. The van der Waals surface area contributed by atoms with Gasteiger partial charge >= 0.3 is 0 Å². The van der Waals surface area contributed by atoms with Gasteiger partial charge < -0.3 is 24.4 Å². The number of methoxy groups -OCH3 is 3. The van der Waals surface area contributed by atoms with Crippen LogP contribution in [0.15, 0.2) is 36.4 Å². The minimum absolute atomic E-state index is 0.0445. The molecule has 2 aliphatic heterocycles. The Labute approximate surface area is 175 Å². The Morgan fingerprint density at radius 1 is 1.10 bits per heavy atom. The van der Waals surface area contributed by atoms with Gasteiger partial charge in [-0.25, -0.2) is 0 Å². The first-order valence-electron chi connectivity index (χ1n) is 10.0. The molecule has 0 fully saturated rings. The summed E-state index contributed by atoms with van der Waals surface area (Å²) in [6.45, 7) is 1.38. The van der Waals surface area contributed by atoms with Gasteiger partial charge in [-0.05, 0) is 41.3 Å². The minimum atomic E-state index is -0.520. The van der Waals surface area contributed by atoms with Crippen LogP contribution in [-0.4, -0.2) is 57.7 Å². The second kappa shape index (κ2) is 8.36. The maximum Gasteiger partial charge on any atom is 0.254 e. The van der Waals surface area contributed by atoms with Gasteiger partial charge in [0.25, 0.3) is 5.91 Å². The quantitative estimate of drug-likeness (QED) is 0.740. The molecule has 0 saturated carbocycles. The molecule has 0 unspecified atom stereocenters. The van der Waals surface area contributed by atoms with Crippen molar-refractivity contribution < 1.29 is 23.8 Å². The van der Waals surface area contributed by atoms with Crippen LogP contribution < -0.4 is 14.8 Å². The molecule has 30 heavy (non-hydrogen) atoms. The third kappa shape index (κ3) is 3.29. The molecule has 0 spiro atoms. The van der Waals surface area contributed by atoms with Crippen LogP contribution in [0, 0.1) is 0 Å². The SMILES string of the molecule is COCCNC(=O)[C@H]1c2ccccc2C(=O)N2CCc3cc(OC)c(OC)cc3[C@H]12. The first-order valence-corrected chi connectivity index (χ1v) is 10.0. The average Bonchev–Trinajstić information content (AvgIpc) is 2.78. The van der Waals surface area contributed by atoms with Crippen LogP contribution in [0.4, 0.5) is 0 Å². The highest BCUT2D eigenvalue weighted by atomic mass is 16.5. The predicted molar refractivity (Wildman–Crippen MR) is 111 cm³/mol. The number of nitrogens with one attached hydrogen (secondary N) is 1. The first-order chi connectivity index (χ1) is 14.6. The molecule has 2 aromatic rings. The highest BCUT2D eigenvalue weighted by Gasteiger charge is 2.46. The zero-order chi connectivity index (χ0) is 21.3. The lowest BCUT2D eigenvalue weighted by Crippen LogP contribution is -2.50. The molecule has 7 heteroatoms. The Kier molecular flexibility index (Phi) is 5.63. The molecular formula is C23H26N2O5. The topological polar surface area (TPSA) is 77.1 Å². The van der Waals surface area contributed by atoms with Crippen LogP contribution in [-0.2, 0) is 16.0 Å². The highest BCUT2D eigenvalue weighted by molar-refractivity contribution is 6.01. The number of hydrogen-bond donors (Lipinski definition) is 1. The molecule has 0 aliphatic carbocycles. The summed E-state index contributed by atoms with van der Waals surface area (Å²) < 4.78 is 16.0. The molecule has 0 radical (unpaired) electrons. The monoisotopic (exact) mass is 410 g/mol. The zero-order valence-electron chi connectivity index (χ0n) is 17.4. The van der Waals surface area contributed by atoms with Crippen LogP contribution in [0.2, 0.25) is 0 Å². The summed E-state index contributed by atoms with van der Waals surface area (Å²) in [7, 11) is 4.78. The molecule has 2 aromatic carbocycles. The van der Waals surface area contributed by atoms with Gasteiger partial charge in [-0.15, -0.1) is 0 Å². The van der Waals surface area contributed by atoms with Gasteiger partial charge in [0, 0.05) is 25.8 Å². The Morgan fingerprint density at radius 3 is 2.57 bits per heavy atom. The second-order valence-electron chi connectivity index (χ2n) is 7.45. The molecule has 2 amide bonds. The number of nitrogens with zero attached hydrogens (tertiary/aromatic N) is 1. The highest BCUT2D eigenvalue weighted by Crippen LogP contribution is 2.48. The minimum Gasteiger partial charge on any atom is -0.493 e. The van der Waals surface area contributed by atoms with E-state index in [1.165, 1.54) is 0 Å². The number of hydrogen-bond acceptors (Lipinski definition) is 5. The summed E-state index contributed by atoms with van der Waals surface area (Å²) in [5, 5.41) is 2.97. The summed E-state index contributed by atoms with van der Waals surface area (Å²) >= 11 is 0. The third-order valence-electron chi connectivity index (χ3n) is 5.91. The van der Waals surface area contributed by atoms with E-state index in [1.807, 2.05) is 35.2 Å².